The van der Waals surface area contributed by atoms with Crippen molar-refractivity contribution in [2.24, 2.45) is 0 Å². The first-order chi connectivity index (χ1) is 10.3. The molecule has 3 heteroatoms. The van der Waals surface area contributed by atoms with Crippen LogP contribution in [0.4, 0.5) is 5.69 Å². The molecule has 112 valence electrons. The topological polar surface area (TPSA) is 28.2 Å². The van der Waals surface area contributed by atoms with Crippen molar-refractivity contribution in [3.05, 3.63) is 59.9 Å². The third kappa shape index (κ3) is 4.57. The predicted molar refractivity (Wildman–Crippen MR) is 89.4 cm³/mol. The van der Waals surface area contributed by atoms with Crippen LogP contribution in [0.2, 0.25) is 0 Å². The summed E-state index contributed by atoms with van der Waals surface area (Å²) in [5.74, 6) is 0. The van der Waals surface area contributed by atoms with Gasteiger partial charge in [-0.1, -0.05) is 37.3 Å². The monoisotopic (exact) mass is 283 g/mol. The minimum Gasteiger partial charge on any atom is -0.367 e. The molecule has 0 fully saturated rings. The zero-order chi connectivity index (χ0) is 14.9. The van der Waals surface area contributed by atoms with Gasteiger partial charge >= 0.3 is 0 Å². The van der Waals surface area contributed by atoms with Gasteiger partial charge in [-0.3, -0.25) is 4.98 Å². The van der Waals surface area contributed by atoms with E-state index in [4.69, 9.17) is 0 Å². The molecular weight excluding hydrogens is 258 g/mol. The van der Waals surface area contributed by atoms with Crippen LogP contribution in [0, 0.1) is 0 Å². The Balaban J connectivity index is 2.13. The molecule has 1 N–H and O–H groups in total. The van der Waals surface area contributed by atoms with E-state index in [0.29, 0.717) is 0 Å². The summed E-state index contributed by atoms with van der Waals surface area (Å²) < 4.78 is 0. The minimum absolute atomic E-state index is 0.877. The van der Waals surface area contributed by atoms with Gasteiger partial charge in [-0.2, -0.15) is 0 Å². The summed E-state index contributed by atoms with van der Waals surface area (Å²) in [6.45, 7) is 8.22. The average Bonchev–Trinajstić information content (AvgIpc) is 2.54. The van der Waals surface area contributed by atoms with Gasteiger partial charge < -0.3 is 10.2 Å². The second-order valence-corrected chi connectivity index (χ2v) is 5.18. The highest BCUT2D eigenvalue weighted by molar-refractivity contribution is 5.52. The summed E-state index contributed by atoms with van der Waals surface area (Å²) in [6.07, 6.45) is 5.01. The van der Waals surface area contributed by atoms with E-state index in [1.165, 1.54) is 16.8 Å². The lowest BCUT2D eigenvalue weighted by Crippen LogP contribution is -2.25. The smallest absolute Gasteiger partial charge is 0.0445 e. The molecule has 1 heterocycles. The van der Waals surface area contributed by atoms with E-state index < -0.39 is 0 Å². The Morgan fingerprint density at radius 1 is 1.10 bits per heavy atom. The summed E-state index contributed by atoms with van der Waals surface area (Å²) in [4.78, 5) is 6.68. The lowest BCUT2D eigenvalue weighted by Gasteiger charge is -2.25. The van der Waals surface area contributed by atoms with E-state index >= 15 is 0 Å². The average molecular weight is 283 g/mol. The van der Waals surface area contributed by atoms with Crippen LogP contribution in [0.1, 0.15) is 31.4 Å². The van der Waals surface area contributed by atoms with Crippen LogP contribution in [0.15, 0.2) is 48.8 Å². The number of benzene rings is 1. The molecule has 0 aliphatic carbocycles. The van der Waals surface area contributed by atoms with E-state index in [9.17, 15) is 0 Å². The lowest BCUT2D eigenvalue weighted by molar-refractivity contribution is 0.670. The molecule has 21 heavy (non-hydrogen) atoms. The summed E-state index contributed by atoms with van der Waals surface area (Å²) in [5.41, 5.74) is 3.88. The number of nitrogens with one attached hydrogen (secondary N) is 1. The van der Waals surface area contributed by atoms with Crippen molar-refractivity contribution >= 4 is 5.69 Å². The molecule has 2 aromatic rings. The SMILES string of the molecule is CCCNCc1cnccc1N(CC)Cc1ccccc1. The zero-order valence-electron chi connectivity index (χ0n) is 13.0. The van der Waals surface area contributed by atoms with Crippen LogP contribution >= 0.6 is 0 Å². The molecular formula is C18H25N3. The highest BCUT2D eigenvalue weighted by Crippen LogP contribution is 2.21. The Kier molecular flexibility index (Phi) is 6.22. The van der Waals surface area contributed by atoms with Gasteiger partial charge in [0.1, 0.15) is 0 Å². The number of pyridine rings is 1. The molecule has 2 rings (SSSR count). The van der Waals surface area contributed by atoms with Crippen molar-refractivity contribution in [3.8, 4) is 0 Å². The maximum atomic E-state index is 4.28. The normalized spacial score (nSPS) is 10.6. The van der Waals surface area contributed by atoms with Gasteiger partial charge in [-0.05, 0) is 31.5 Å². The molecule has 0 aliphatic rings. The first kappa shape index (κ1) is 15.5. The summed E-state index contributed by atoms with van der Waals surface area (Å²) >= 11 is 0. The van der Waals surface area contributed by atoms with Gasteiger partial charge in [-0.25, -0.2) is 0 Å². The van der Waals surface area contributed by atoms with Crippen LogP contribution in [0.5, 0.6) is 0 Å². The lowest BCUT2D eigenvalue weighted by atomic mass is 10.1. The first-order valence-electron chi connectivity index (χ1n) is 7.77. The van der Waals surface area contributed by atoms with Crippen molar-refractivity contribution in [1.29, 1.82) is 0 Å². The predicted octanol–water partition coefficient (Wildman–Crippen LogP) is 3.61. The Morgan fingerprint density at radius 2 is 1.90 bits per heavy atom. The number of hydrogen-bond donors (Lipinski definition) is 1. The maximum Gasteiger partial charge on any atom is 0.0445 e. The van der Waals surface area contributed by atoms with E-state index in [2.05, 4.69) is 65.4 Å². The second kappa shape index (κ2) is 8.42. The van der Waals surface area contributed by atoms with Crippen molar-refractivity contribution < 1.29 is 0 Å². The molecule has 3 nitrogen and oxygen atoms in total. The van der Waals surface area contributed by atoms with Crippen molar-refractivity contribution in [2.45, 2.75) is 33.4 Å². The Labute approximate surface area is 128 Å². The van der Waals surface area contributed by atoms with Gasteiger partial charge in [0.2, 0.25) is 0 Å². The summed E-state index contributed by atoms with van der Waals surface area (Å²) in [6, 6.07) is 12.7. The molecule has 0 amide bonds. The molecule has 0 bridgehead atoms. The Morgan fingerprint density at radius 3 is 2.62 bits per heavy atom. The maximum absolute atomic E-state index is 4.28. The Hall–Kier alpha value is -1.87. The van der Waals surface area contributed by atoms with Crippen LogP contribution in [0.25, 0.3) is 0 Å². The summed E-state index contributed by atoms with van der Waals surface area (Å²) in [5, 5.41) is 3.47. The molecule has 0 unspecified atom stereocenters. The van der Waals surface area contributed by atoms with Crippen LogP contribution in [-0.4, -0.2) is 18.1 Å². The molecule has 0 saturated heterocycles. The fourth-order valence-corrected chi connectivity index (χ4v) is 2.44. The third-order valence-electron chi connectivity index (χ3n) is 3.56. The number of anilines is 1. The van der Waals surface area contributed by atoms with E-state index in [1.54, 1.807) is 0 Å². The highest BCUT2D eigenvalue weighted by Gasteiger charge is 2.10. The largest absolute Gasteiger partial charge is 0.367 e. The van der Waals surface area contributed by atoms with Gasteiger partial charge in [0.25, 0.3) is 0 Å². The van der Waals surface area contributed by atoms with Crippen molar-refractivity contribution in [1.82, 2.24) is 10.3 Å². The molecule has 0 saturated carbocycles. The molecule has 0 radical (unpaired) electrons. The van der Waals surface area contributed by atoms with Crippen LogP contribution in [0.3, 0.4) is 0 Å². The molecule has 1 aromatic heterocycles. The number of aromatic nitrogens is 1. The van der Waals surface area contributed by atoms with Crippen LogP contribution in [-0.2, 0) is 13.1 Å². The number of hydrogen-bond acceptors (Lipinski definition) is 3. The Bertz CT molecular complexity index is 525. The minimum atomic E-state index is 0.877. The second-order valence-electron chi connectivity index (χ2n) is 5.18. The fourth-order valence-electron chi connectivity index (χ4n) is 2.44. The van der Waals surface area contributed by atoms with Crippen LogP contribution < -0.4 is 10.2 Å². The quantitative estimate of drug-likeness (QED) is 0.750. The van der Waals surface area contributed by atoms with Gasteiger partial charge in [-0.15, -0.1) is 0 Å². The molecule has 0 aliphatic heterocycles. The molecule has 0 spiro atoms. The van der Waals surface area contributed by atoms with E-state index in [0.717, 1.165) is 32.6 Å². The zero-order valence-corrected chi connectivity index (χ0v) is 13.0. The van der Waals surface area contributed by atoms with E-state index in [-0.39, 0.29) is 0 Å². The van der Waals surface area contributed by atoms with Gasteiger partial charge in [0.05, 0.1) is 0 Å². The number of nitrogens with zero attached hydrogens (tertiary/aromatic N) is 2. The highest BCUT2D eigenvalue weighted by atomic mass is 15.1. The van der Waals surface area contributed by atoms with E-state index in [1.807, 2.05) is 12.4 Å². The standard InChI is InChI=1S/C18H25N3/c1-3-11-19-13-17-14-20-12-10-18(17)21(4-2)15-16-8-6-5-7-9-16/h5-10,12,14,19H,3-4,11,13,15H2,1-2H3. The molecule has 0 atom stereocenters. The van der Waals surface area contributed by atoms with Crippen molar-refractivity contribution in [3.63, 3.8) is 0 Å². The molecule has 1 aromatic carbocycles. The van der Waals surface area contributed by atoms with Gasteiger partial charge in [0, 0.05) is 43.3 Å². The van der Waals surface area contributed by atoms with Gasteiger partial charge in [0.15, 0.2) is 0 Å². The van der Waals surface area contributed by atoms with Crippen molar-refractivity contribution in [2.75, 3.05) is 18.0 Å². The number of rotatable bonds is 8. The fraction of sp³-hybridized carbons (Fsp3) is 0.389. The third-order valence-corrected chi connectivity index (χ3v) is 3.56. The summed E-state index contributed by atoms with van der Waals surface area (Å²) in [7, 11) is 0. The first-order valence-corrected chi connectivity index (χ1v) is 7.77.